The number of rotatable bonds is 5. The zero-order valence-electron chi connectivity index (χ0n) is 17.3. The van der Waals surface area contributed by atoms with Gasteiger partial charge >= 0.3 is 27.5 Å². The van der Waals surface area contributed by atoms with Gasteiger partial charge < -0.3 is 0 Å². The molecule has 0 spiro atoms. The van der Waals surface area contributed by atoms with Crippen molar-refractivity contribution in [2.45, 2.75) is 39.0 Å². The summed E-state index contributed by atoms with van der Waals surface area (Å²) in [6.07, 6.45) is -6.79. The van der Waals surface area contributed by atoms with Crippen molar-refractivity contribution < 1.29 is 43.7 Å². The van der Waals surface area contributed by atoms with Gasteiger partial charge in [0.15, 0.2) is 14.7 Å². The molecule has 0 fully saturated rings. The minimum absolute atomic E-state index is 0.0229. The summed E-state index contributed by atoms with van der Waals surface area (Å²) in [6, 6.07) is 30.4. The van der Waals surface area contributed by atoms with Gasteiger partial charge in [0.25, 0.3) is 0 Å². The molecule has 0 aliphatic carbocycles. The molecule has 0 amide bonds. The first-order chi connectivity index (χ1) is 15.6. The lowest BCUT2D eigenvalue weighted by Crippen LogP contribution is -2.55. The van der Waals surface area contributed by atoms with Gasteiger partial charge in [-0.2, -0.15) is 39.2 Å². The molecule has 0 heterocycles. The maximum atomic E-state index is 11.9. The van der Waals surface area contributed by atoms with Gasteiger partial charge in [-0.25, -0.2) is 0 Å². The Balaban J connectivity index is 0.000000259. The first kappa shape index (κ1) is 27.7. The number of halogens is 7. The Morgan fingerprint density at radius 1 is 0.647 bits per heavy atom. The zero-order valence-corrected chi connectivity index (χ0v) is 18.9. The molecule has 3 rings (SSSR count). The topological polar surface area (TPSA) is 54.4 Å². The van der Waals surface area contributed by atoms with Crippen LogP contribution in [0.15, 0.2) is 99.6 Å². The molecule has 1 N–H and O–H groups in total. The largest absolute Gasteiger partial charge is 0.461 e. The van der Waals surface area contributed by atoms with Crippen molar-refractivity contribution in [3.63, 3.8) is 0 Å². The highest BCUT2D eigenvalue weighted by molar-refractivity contribution is 7.97. The number of hydrogen-bond acceptors (Lipinski definition) is 2. The van der Waals surface area contributed by atoms with E-state index in [1.165, 1.54) is 20.2 Å². The predicted molar refractivity (Wildman–Crippen MR) is 114 cm³/mol. The molecular formula is C22H18F7O3S2+. The molecule has 0 aliphatic heterocycles. The average molecular weight is 528 g/mol. The van der Waals surface area contributed by atoms with Gasteiger partial charge in [0.2, 0.25) is 0 Å². The van der Waals surface area contributed by atoms with Crippen molar-refractivity contribution >= 4 is 21.0 Å². The molecule has 0 radical (unpaired) electrons. The Hall–Kier alpha value is -2.57. The van der Waals surface area contributed by atoms with Crippen LogP contribution >= 0.6 is 0 Å². The fraction of sp³-hybridized carbons (Fsp3) is 0.182. The van der Waals surface area contributed by atoms with E-state index in [1.54, 1.807) is 0 Å². The minimum Gasteiger partial charge on any atom is -0.281 e. The monoisotopic (exact) mass is 527 g/mol. The lowest BCUT2D eigenvalue weighted by molar-refractivity contribution is -0.333. The second-order valence-electron chi connectivity index (χ2n) is 6.81. The summed E-state index contributed by atoms with van der Waals surface area (Å²) in [4.78, 5) is 4.10. The molecule has 0 aliphatic rings. The van der Waals surface area contributed by atoms with Crippen LogP contribution in [-0.2, 0) is 21.0 Å². The maximum Gasteiger partial charge on any atom is 0.461 e. The van der Waals surface area contributed by atoms with Crippen LogP contribution in [0.3, 0.4) is 0 Å². The van der Waals surface area contributed by atoms with Gasteiger partial charge in [-0.05, 0) is 43.3 Å². The Morgan fingerprint density at radius 2 is 1.00 bits per heavy atom. The Labute approximate surface area is 194 Å². The SMILES string of the molecule is Cc1ccc([S+](c2ccccc2)c2ccccc2)cc1.O=S(=O)(O)C(F)(F)C(F)(F)C(F)(F)F. The molecule has 0 unspecified atom stereocenters. The van der Waals surface area contributed by atoms with Crippen LogP contribution in [0.25, 0.3) is 0 Å². The highest BCUT2D eigenvalue weighted by Gasteiger charge is 2.78. The van der Waals surface area contributed by atoms with Gasteiger partial charge in [-0.3, -0.25) is 4.55 Å². The molecule has 3 nitrogen and oxygen atoms in total. The van der Waals surface area contributed by atoms with Crippen molar-refractivity contribution in [1.82, 2.24) is 0 Å². The van der Waals surface area contributed by atoms with Crippen LogP contribution in [-0.4, -0.2) is 30.3 Å². The summed E-state index contributed by atoms with van der Waals surface area (Å²) in [6.45, 7) is 2.13. The van der Waals surface area contributed by atoms with Gasteiger partial charge in [0, 0.05) is 0 Å². The molecule has 0 saturated heterocycles. The van der Waals surface area contributed by atoms with Crippen molar-refractivity contribution in [1.29, 1.82) is 0 Å². The number of alkyl halides is 7. The third kappa shape index (κ3) is 6.10. The molecule has 0 aromatic heterocycles. The van der Waals surface area contributed by atoms with E-state index >= 15 is 0 Å². The number of benzene rings is 3. The van der Waals surface area contributed by atoms with Crippen LogP contribution in [0.5, 0.6) is 0 Å². The van der Waals surface area contributed by atoms with E-state index in [1.807, 2.05) is 0 Å². The molecule has 34 heavy (non-hydrogen) atoms. The fourth-order valence-corrected chi connectivity index (χ4v) is 5.05. The average Bonchev–Trinajstić information content (AvgIpc) is 2.76. The maximum absolute atomic E-state index is 11.9. The highest BCUT2D eigenvalue weighted by atomic mass is 32.2. The van der Waals surface area contributed by atoms with E-state index in [0.29, 0.717) is 0 Å². The molecule has 12 heteroatoms. The summed E-state index contributed by atoms with van der Waals surface area (Å²) in [5.74, 6) is -6.85. The second-order valence-corrected chi connectivity index (χ2v) is 10.3. The zero-order chi connectivity index (χ0) is 25.8. The lowest BCUT2D eigenvalue weighted by Gasteiger charge is -2.25. The molecule has 0 atom stereocenters. The number of aryl methyl sites for hydroxylation is 1. The van der Waals surface area contributed by atoms with Crippen molar-refractivity contribution in [3.05, 3.63) is 90.5 Å². The summed E-state index contributed by atoms with van der Waals surface area (Å²) in [5.41, 5.74) is 1.30. The first-order valence-corrected chi connectivity index (χ1v) is 12.0. The lowest BCUT2D eigenvalue weighted by atomic mass is 10.2. The van der Waals surface area contributed by atoms with Crippen molar-refractivity contribution in [2.24, 2.45) is 0 Å². The Kier molecular flexibility index (Phi) is 8.43. The summed E-state index contributed by atoms with van der Waals surface area (Å²) in [5, 5.41) is -6.61. The minimum atomic E-state index is -6.85. The van der Waals surface area contributed by atoms with E-state index in [9.17, 15) is 39.2 Å². The molecule has 3 aromatic carbocycles. The van der Waals surface area contributed by atoms with Gasteiger partial charge in [-0.1, -0.05) is 54.1 Å². The van der Waals surface area contributed by atoms with E-state index in [-0.39, 0.29) is 10.9 Å². The fourth-order valence-electron chi connectivity index (χ4n) is 2.52. The summed E-state index contributed by atoms with van der Waals surface area (Å²) >= 11 is 0. The second kappa shape index (κ2) is 10.4. The summed E-state index contributed by atoms with van der Waals surface area (Å²) in [7, 11) is -6.87. The number of hydrogen-bond donors (Lipinski definition) is 1. The van der Waals surface area contributed by atoms with Crippen LogP contribution < -0.4 is 0 Å². The van der Waals surface area contributed by atoms with Gasteiger partial charge in [0.05, 0.1) is 10.9 Å². The first-order valence-electron chi connectivity index (χ1n) is 9.30. The molecule has 0 saturated carbocycles. The van der Waals surface area contributed by atoms with Crippen LogP contribution in [0.4, 0.5) is 30.7 Å². The van der Waals surface area contributed by atoms with Crippen LogP contribution in [0.1, 0.15) is 5.56 Å². The van der Waals surface area contributed by atoms with E-state index in [2.05, 4.69) is 91.9 Å². The highest BCUT2D eigenvalue weighted by Crippen LogP contribution is 2.48. The smallest absolute Gasteiger partial charge is 0.281 e. The summed E-state index contributed by atoms with van der Waals surface area (Å²) < 4.78 is 108. The van der Waals surface area contributed by atoms with Crippen molar-refractivity contribution in [3.8, 4) is 0 Å². The quantitative estimate of drug-likeness (QED) is 0.227. The predicted octanol–water partition coefficient (Wildman–Crippen LogP) is 6.76. The molecule has 184 valence electrons. The van der Waals surface area contributed by atoms with Crippen molar-refractivity contribution in [2.75, 3.05) is 0 Å². The molecule has 3 aromatic rings. The van der Waals surface area contributed by atoms with Gasteiger partial charge in [0.1, 0.15) is 0 Å². The Bertz CT molecular complexity index is 1130. The third-order valence-corrected chi connectivity index (χ3v) is 7.40. The molecular weight excluding hydrogens is 509 g/mol. The van der Waals surface area contributed by atoms with Crippen LogP contribution in [0.2, 0.25) is 0 Å². The Morgan fingerprint density at radius 3 is 1.29 bits per heavy atom. The van der Waals surface area contributed by atoms with Crippen LogP contribution in [0, 0.1) is 6.92 Å². The molecule has 0 bridgehead atoms. The standard InChI is InChI=1S/C19H17S.C3HF7O3S/c1-16-12-14-19(15-13-16)20(17-8-4-2-5-9-17)18-10-6-3-7-11-18;4-1(5,2(6,7)8)3(9,10)14(11,12)13/h2-15H,1H3;(H,11,12,13)/q+1;. The van der Waals surface area contributed by atoms with E-state index < -0.39 is 27.5 Å². The van der Waals surface area contributed by atoms with E-state index in [0.717, 1.165) is 0 Å². The van der Waals surface area contributed by atoms with E-state index in [4.69, 9.17) is 4.55 Å². The third-order valence-electron chi connectivity index (χ3n) is 4.26. The van der Waals surface area contributed by atoms with Gasteiger partial charge in [-0.15, -0.1) is 0 Å². The normalized spacial score (nSPS) is 12.8.